The quantitative estimate of drug-likeness (QED) is 0.603. The molecule has 9 heteroatoms. The molecule has 1 N–H and O–H groups in total. The lowest BCUT2D eigenvalue weighted by atomic mass is 10.1. The molecule has 2 aromatic rings. The van der Waals surface area contributed by atoms with Crippen LogP contribution in [0.3, 0.4) is 0 Å². The number of pyridine rings is 1. The number of aromatic nitrogens is 2. The van der Waals surface area contributed by atoms with E-state index in [4.69, 9.17) is 15.0 Å². The predicted molar refractivity (Wildman–Crippen MR) is 124 cm³/mol. The van der Waals surface area contributed by atoms with Crippen molar-refractivity contribution in [3.05, 3.63) is 35.0 Å². The van der Waals surface area contributed by atoms with Gasteiger partial charge in [-0.1, -0.05) is 13.0 Å². The van der Waals surface area contributed by atoms with Gasteiger partial charge in [0, 0.05) is 25.1 Å². The summed E-state index contributed by atoms with van der Waals surface area (Å²) in [5.74, 6) is 0.677. The first-order valence-electron chi connectivity index (χ1n) is 11.4. The van der Waals surface area contributed by atoms with Gasteiger partial charge in [0.2, 0.25) is 0 Å². The fourth-order valence-electron chi connectivity index (χ4n) is 4.36. The molecule has 1 atom stereocenters. The maximum Gasteiger partial charge on any atom is 0.273 e. The number of thiazole rings is 1. The van der Waals surface area contributed by atoms with Gasteiger partial charge in [-0.05, 0) is 50.8 Å². The number of likely N-dealkylation sites (tertiary alicyclic amines) is 2. The number of nitrogens with one attached hydrogen (secondary N) is 1. The third-order valence-electron chi connectivity index (χ3n) is 5.99. The van der Waals surface area contributed by atoms with Crippen molar-refractivity contribution in [2.75, 3.05) is 38.1 Å². The average Bonchev–Trinajstić information content (AvgIpc) is 3.48. The number of ether oxygens (including phenoxy) is 1. The summed E-state index contributed by atoms with van der Waals surface area (Å²) in [6.45, 7) is 5.65. The van der Waals surface area contributed by atoms with Crippen LogP contribution in [0.25, 0.3) is 0 Å². The summed E-state index contributed by atoms with van der Waals surface area (Å²) in [5.41, 5.74) is 1.43. The molecule has 0 saturated carbocycles. The van der Waals surface area contributed by atoms with Gasteiger partial charge in [0.25, 0.3) is 5.91 Å². The van der Waals surface area contributed by atoms with Crippen molar-refractivity contribution >= 4 is 28.2 Å². The van der Waals surface area contributed by atoms with Crippen molar-refractivity contribution in [3.8, 4) is 6.07 Å². The first-order valence-corrected chi connectivity index (χ1v) is 12.3. The fraction of sp³-hybridized carbons (Fsp3) is 0.565. The van der Waals surface area contributed by atoms with Crippen LogP contribution in [0.2, 0.25) is 0 Å². The van der Waals surface area contributed by atoms with Crippen LogP contribution >= 0.6 is 11.3 Å². The van der Waals surface area contributed by atoms with Gasteiger partial charge in [-0.3, -0.25) is 9.69 Å². The zero-order valence-electron chi connectivity index (χ0n) is 18.5. The van der Waals surface area contributed by atoms with E-state index >= 15 is 0 Å². The maximum atomic E-state index is 12.9. The molecule has 2 fully saturated rings. The molecule has 4 heterocycles. The van der Waals surface area contributed by atoms with Crippen molar-refractivity contribution in [2.24, 2.45) is 0 Å². The number of amides is 1. The lowest BCUT2D eigenvalue weighted by Gasteiger charge is -2.31. The number of hydrogen-bond donors (Lipinski definition) is 1. The Hall–Kier alpha value is -2.54. The van der Waals surface area contributed by atoms with Crippen LogP contribution in [-0.4, -0.2) is 64.6 Å². The number of carbonyl (C=O) groups excluding carboxylic acids is 1. The highest BCUT2D eigenvalue weighted by molar-refractivity contribution is 7.14. The van der Waals surface area contributed by atoms with Gasteiger partial charge in [-0.2, -0.15) is 5.26 Å². The smallest absolute Gasteiger partial charge is 0.273 e. The van der Waals surface area contributed by atoms with E-state index in [0.717, 1.165) is 50.9 Å². The third kappa shape index (κ3) is 5.44. The third-order valence-corrected chi connectivity index (χ3v) is 6.75. The number of nitrogens with zero attached hydrogens (tertiary/aromatic N) is 5. The Morgan fingerprint density at radius 1 is 1.28 bits per heavy atom. The molecule has 1 amide bonds. The standard InChI is InChI=1S/C23H30N6O2S/c1-2-15-31-17-8-12-29(13-9-17)22(30)19-16-32-23(26-19)27-21-7-3-5-18(25-21)20-6-4-11-28(20)14-10-24/h3,5,7,16-17,20H,2,4,6,8-9,11-15H2,1H3,(H,25,26,27)/t20-/m1/s1. The van der Waals surface area contributed by atoms with E-state index < -0.39 is 0 Å². The summed E-state index contributed by atoms with van der Waals surface area (Å²) in [7, 11) is 0. The first kappa shape index (κ1) is 22.6. The maximum absolute atomic E-state index is 12.9. The van der Waals surface area contributed by atoms with E-state index in [1.54, 1.807) is 5.38 Å². The van der Waals surface area contributed by atoms with E-state index in [9.17, 15) is 4.79 Å². The van der Waals surface area contributed by atoms with Crippen LogP contribution in [-0.2, 0) is 4.74 Å². The predicted octanol–water partition coefficient (Wildman–Crippen LogP) is 3.97. The van der Waals surface area contributed by atoms with Crippen molar-refractivity contribution in [1.82, 2.24) is 19.8 Å². The Kier molecular flexibility index (Phi) is 7.68. The lowest BCUT2D eigenvalue weighted by Crippen LogP contribution is -2.41. The van der Waals surface area contributed by atoms with Crippen molar-refractivity contribution in [1.29, 1.82) is 5.26 Å². The molecule has 170 valence electrons. The summed E-state index contributed by atoms with van der Waals surface area (Å²) in [5, 5.41) is 14.8. The number of carbonyl (C=O) groups is 1. The molecule has 2 aromatic heterocycles. The minimum atomic E-state index is -0.0250. The summed E-state index contributed by atoms with van der Waals surface area (Å²) < 4.78 is 5.82. The Morgan fingerprint density at radius 3 is 2.91 bits per heavy atom. The molecule has 8 nitrogen and oxygen atoms in total. The van der Waals surface area contributed by atoms with E-state index in [-0.39, 0.29) is 18.1 Å². The Balaban J connectivity index is 1.36. The molecule has 0 bridgehead atoms. The Labute approximate surface area is 193 Å². The number of nitriles is 1. The minimum Gasteiger partial charge on any atom is -0.378 e. The molecule has 2 saturated heterocycles. The van der Waals surface area contributed by atoms with Crippen molar-refractivity contribution in [2.45, 2.75) is 51.2 Å². The second kappa shape index (κ2) is 10.9. The van der Waals surface area contributed by atoms with Crippen LogP contribution in [0, 0.1) is 11.3 Å². The second-order valence-corrected chi connectivity index (χ2v) is 9.12. The lowest BCUT2D eigenvalue weighted by molar-refractivity contribution is 0.00887. The molecular weight excluding hydrogens is 424 g/mol. The molecule has 0 spiro atoms. The van der Waals surface area contributed by atoms with Gasteiger partial charge in [-0.15, -0.1) is 11.3 Å². The summed E-state index contributed by atoms with van der Waals surface area (Å²) >= 11 is 1.41. The van der Waals surface area contributed by atoms with E-state index in [1.165, 1.54) is 11.3 Å². The molecule has 2 aliphatic heterocycles. The van der Waals surface area contributed by atoms with E-state index in [0.29, 0.717) is 36.3 Å². The minimum absolute atomic E-state index is 0.0250. The molecule has 0 radical (unpaired) electrons. The molecule has 0 aliphatic carbocycles. The Bertz CT molecular complexity index is 950. The number of anilines is 2. The zero-order chi connectivity index (χ0) is 22.3. The largest absolute Gasteiger partial charge is 0.378 e. The van der Waals surface area contributed by atoms with Crippen LogP contribution in [0.4, 0.5) is 10.9 Å². The van der Waals surface area contributed by atoms with Gasteiger partial charge >= 0.3 is 0 Å². The van der Waals surface area contributed by atoms with Gasteiger partial charge < -0.3 is 15.0 Å². The molecule has 32 heavy (non-hydrogen) atoms. The number of hydrogen-bond acceptors (Lipinski definition) is 8. The van der Waals surface area contributed by atoms with Crippen LogP contribution in [0.5, 0.6) is 0 Å². The second-order valence-electron chi connectivity index (χ2n) is 8.26. The topological polar surface area (TPSA) is 94.4 Å². The number of rotatable bonds is 8. The first-order chi connectivity index (χ1) is 15.7. The Morgan fingerprint density at radius 2 is 2.12 bits per heavy atom. The molecular formula is C23H30N6O2S. The zero-order valence-corrected chi connectivity index (χ0v) is 19.3. The van der Waals surface area contributed by atoms with Crippen molar-refractivity contribution in [3.63, 3.8) is 0 Å². The number of piperidine rings is 1. The highest BCUT2D eigenvalue weighted by Gasteiger charge is 2.27. The highest BCUT2D eigenvalue weighted by atomic mass is 32.1. The van der Waals surface area contributed by atoms with Gasteiger partial charge in [0.05, 0.1) is 30.5 Å². The van der Waals surface area contributed by atoms with E-state index in [1.807, 2.05) is 23.1 Å². The van der Waals surface area contributed by atoms with Crippen molar-refractivity contribution < 1.29 is 9.53 Å². The van der Waals surface area contributed by atoms with Gasteiger partial charge in [0.1, 0.15) is 11.5 Å². The van der Waals surface area contributed by atoms with Gasteiger partial charge in [-0.25, -0.2) is 9.97 Å². The molecule has 4 rings (SSSR count). The summed E-state index contributed by atoms with van der Waals surface area (Å²) in [6, 6.07) is 8.30. The average molecular weight is 455 g/mol. The van der Waals surface area contributed by atoms with Gasteiger partial charge in [0.15, 0.2) is 5.13 Å². The molecule has 0 unspecified atom stereocenters. The highest BCUT2D eigenvalue weighted by Crippen LogP contribution is 2.31. The molecule has 2 aliphatic rings. The van der Waals surface area contributed by atoms with Crippen LogP contribution in [0.1, 0.15) is 61.3 Å². The summed E-state index contributed by atoms with van der Waals surface area (Å²) in [6.07, 6.45) is 5.11. The van der Waals surface area contributed by atoms with Crippen LogP contribution < -0.4 is 5.32 Å². The normalized spacial score (nSPS) is 19.8. The monoisotopic (exact) mass is 454 g/mol. The van der Waals surface area contributed by atoms with Crippen LogP contribution in [0.15, 0.2) is 23.6 Å². The summed E-state index contributed by atoms with van der Waals surface area (Å²) in [4.78, 5) is 26.2. The SMILES string of the molecule is CCCOC1CCN(C(=O)c2csc(Nc3cccc([C@H]4CCCN4CC#N)n3)n2)CC1. The van der Waals surface area contributed by atoms with E-state index in [2.05, 4.69) is 28.2 Å². The fourth-order valence-corrected chi connectivity index (χ4v) is 5.05. The molecule has 0 aromatic carbocycles.